The normalized spacial score (nSPS) is 8.47. The zero-order valence-electron chi connectivity index (χ0n) is 17.8. The lowest BCUT2D eigenvalue weighted by Gasteiger charge is -2.03. The maximum atomic E-state index is 11.3. The van der Waals surface area contributed by atoms with Crippen LogP contribution in [0.5, 0.6) is 0 Å². The maximum Gasteiger partial charge on any atom is 0.337 e. The summed E-state index contributed by atoms with van der Waals surface area (Å²) in [6, 6.07) is 0. The fourth-order valence-electron chi connectivity index (χ4n) is 1.07. The number of aliphatic carboxylic acids is 3. The highest BCUT2D eigenvalue weighted by Gasteiger charge is 2.03. The Bertz CT molecular complexity index is 531. The van der Waals surface area contributed by atoms with Crippen LogP contribution in [0.1, 0.15) is 46.0 Å². The van der Waals surface area contributed by atoms with Crippen molar-refractivity contribution in [3.63, 3.8) is 0 Å². The topological polar surface area (TPSA) is 138 Å². The molecule has 3 N–H and O–H groups in total. The molecule has 0 bridgehead atoms. The van der Waals surface area contributed by atoms with Crippen LogP contribution in [-0.2, 0) is 23.9 Å². The average molecular weight is 427 g/mol. The number of carboxylic acid groups (broad SMARTS) is 3. The van der Waals surface area contributed by atoms with Crippen LogP contribution in [0, 0.1) is 0 Å². The Labute approximate surface area is 178 Å². The van der Waals surface area contributed by atoms with Gasteiger partial charge in [-0.2, -0.15) is 0 Å². The van der Waals surface area contributed by atoms with E-state index in [1.54, 1.807) is 6.08 Å². The highest BCUT2D eigenvalue weighted by Crippen LogP contribution is 2.01. The maximum absolute atomic E-state index is 11.3. The molecule has 0 aromatic rings. The predicted molar refractivity (Wildman–Crippen MR) is 117 cm³/mol. The van der Waals surface area contributed by atoms with Crippen molar-refractivity contribution in [2.24, 2.45) is 0 Å². The quantitative estimate of drug-likeness (QED) is 0.191. The van der Waals surface area contributed by atoms with Crippen molar-refractivity contribution in [3.8, 4) is 0 Å². The van der Waals surface area contributed by atoms with Crippen molar-refractivity contribution in [2.45, 2.75) is 46.0 Å². The number of unbranched alkanes of at least 4 members (excludes halogenated alkanes) is 3. The number of hydrogen-bond donors (Lipinski definition) is 3. The van der Waals surface area contributed by atoms with Gasteiger partial charge in [0, 0.05) is 18.2 Å². The minimum atomic E-state index is -0.981. The van der Waals surface area contributed by atoms with Crippen LogP contribution in [0.3, 0.4) is 0 Å². The Morgan fingerprint density at radius 1 is 0.800 bits per heavy atom. The standard InChI is InChI=1S/C13H22O2.3C3H4O2/c1-4-6-8-10-12(3)13(14)15-11-9-7-5-2;3*1-2-3(4)5/h8,10H,3-7,9,11H2,1-2H3;3*2H,1H2,(H,4,5). The molecule has 0 aliphatic heterocycles. The van der Waals surface area contributed by atoms with Gasteiger partial charge in [0.1, 0.15) is 0 Å². The summed E-state index contributed by atoms with van der Waals surface area (Å²) in [5.74, 6) is -3.24. The first-order chi connectivity index (χ1) is 14.0. The van der Waals surface area contributed by atoms with E-state index in [1.165, 1.54) is 0 Å². The lowest BCUT2D eigenvalue weighted by Crippen LogP contribution is -2.06. The second-order valence-corrected chi connectivity index (χ2v) is 5.19. The molecule has 0 saturated heterocycles. The summed E-state index contributed by atoms with van der Waals surface area (Å²) in [6.45, 7) is 17.3. The summed E-state index contributed by atoms with van der Waals surface area (Å²) >= 11 is 0. The number of carbonyl (C=O) groups is 4. The molecule has 0 heterocycles. The summed E-state index contributed by atoms with van der Waals surface area (Å²) in [5.41, 5.74) is 0.444. The SMILES string of the molecule is C=C(C=CCCC)C(=O)OCCCCC.C=CC(=O)O.C=CC(=O)O.C=CC(=O)O. The Balaban J connectivity index is -0.000000184. The monoisotopic (exact) mass is 426 g/mol. The van der Waals surface area contributed by atoms with E-state index in [4.69, 9.17) is 20.1 Å². The second kappa shape index (κ2) is 27.8. The van der Waals surface area contributed by atoms with Crippen LogP contribution >= 0.6 is 0 Å². The second-order valence-electron chi connectivity index (χ2n) is 5.19. The first-order valence-electron chi connectivity index (χ1n) is 9.12. The van der Waals surface area contributed by atoms with E-state index >= 15 is 0 Å². The molecule has 0 aliphatic carbocycles. The van der Waals surface area contributed by atoms with Crippen LogP contribution in [0.2, 0.25) is 0 Å². The minimum Gasteiger partial charge on any atom is -0.478 e. The third kappa shape index (κ3) is 44.2. The van der Waals surface area contributed by atoms with Crippen LogP contribution < -0.4 is 0 Å². The molecule has 0 radical (unpaired) electrons. The van der Waals surface area contributed by atoms with E-state index in [2.05, 4.69) is 40.2 Å². The van der Waals surface area contributed by atoms with E-state index in [9.17, 15) is 19.2 Å². The molecule has 0 aromatic heterocycles. The summed E-state index contributed by atoms with van der Waals surface area (Å²) < 4.78 is 5.05. The molecule has 0 fully saturated rings. The van der Waals surface area contributed by atoms with Crippen LogP contribution in [0.25, 0.3) is 0 Å². The predicted octanol–water partition coefficient (Wildman–Crippen LogP) is 4.40. The molecule has 0 rings (SSSR count). The van der Waals surface area contributed by atoms with Crippen LogP contribution in [0.4, 0.5) is 0 Å². The fourth-order valence-corrected chi connectivity index (χ4v) is 1.07. The molecule has 0 spiro atoms. The van der Waals surface area contributed by atoms with Crippen molar-refractivity contribution in [1.29, 1.82) is 0 Å². The smallest absolute Gasteiger partial charge is 0.337 e. The van der Waals surface area contributed by atoms with Gasteiger partial charge in [-0.15, -0.1) is 0 Å². The Morgan fingerprint density at radius 3 is 1.50 bits per heavy atom. The molecular weight excluding hydrogens is 392 g/mol. The molecule has 0 saturated carbocycles. The Hall–Kier alpha value is -3.42. The molecule has 8 nitrogen and oxygen atoms in total. The van der Waals surface area contributed by atoms with E-state index in [0.717, 1.165) is 50.3 Å². The van der Waals surface area contributed by atoms with Crippen molar-refractivity contribution >= 4 is 23.9 Å². The van der Waals surface area contributed by atoms with Gasteiger partial charge in [0.15, 0.2) is 0 Å². The molecule has 30 heavy (non-hydrogen) atoms. The zero-order valence-corrected chi connectivity index (χ0v) is 17.8. The van der Waals surface area contributed by atoms with Crippen LogP contribution in [0.15, 0.2) is 62.3 Å². The third-order valence-electron chi connectivity index (χ3n) is 2.54. The first kappa shape index (κ1) is 34.1. The highest BCUT2D eigenvalue weighted by atomic mass is 16.5. The largest absolute Gasteiger partial charge is 0.478 e. The van der Waals surface area contributed by atoms with Gasteiger partial charge in [0.25, 0.3) is 0 Å². The number of rotatable bonds is 11. The van der Waals surface area contributed by atoms with E-state index in [1.807, 2.05) is 6.08 Å². The molecular formula is C22H34O8. The summed E-state index contributed by atoms with van der Waals surface area (Å²) in [5, 5.41) is 22.8. The molecule has 0 atom stereocenters. The highest BCUT2D eigenvalue weighted by molar-refractivity contribution is 5.90. The number of ether oxygens (including phenoxy) is 1. The Kier molecular flexibility index (Phi) is 31.6. The molecule has 0 unspecified atom stereocenters. The summed E-state index contributed by atoms with van der Waals surface area (Å²) in [6.07, 6.45) is 11.4. The average Bonchev–Trinajstić information content (AvgIpc) is 2.72. The lowest BCUT2D eigenvalue weighted by molar-refractivity contribution is -0.139. The third-order valence-corrected chi connectivity index (χ3v) is 2.54. The van der Waals surface area contributed by atoms with Crippen LogP contribution in [-0.4, -0.2) is 45.8 Å². The molecule has 170 valence electrons. The summed E-state index contributed by atoms with van der Waals surface area (Å²) in [4.78, 5) is 39.1. The van der Waals surface area contributed by atoms with Gasteiger partial charge in [-0.25, -0.2) is 19.2 Å². The molecule has 0 aromatic carbocycles. The van der Waals surface area contributed by atoms with E-state index in [-0.39, 0.29) is 5.97 Å². The van der Waals surface area contributed by atoms with E-state index in [0.29, 0.717) is 12.2 Å². The van der Waals surface area contributed by atoms with Crippen molar-refractivity contribution in [1.82, 2.24) is 0 Å². The number of carbonyl (C=O) groups excluding carboxylic acids is 1. The number of carboxylic acids is 3. The number of esters is 1. The summed E-state index contributed by atoms with van der Waals surface area (Å²) in [7, 11) is 0. The van der Waals surface area contributed by atoms with Crippen molar-refractivity contribution in [3.05, 3.63) is 62.3 Å². The number of hydrogen-bond acceptors (Lipinski definition) is 5. The van der Waals surface area contributed by atoms with Gasteiger partial charge in [0.2, 0.25) is 0 Å². The first-order valence-corrected chi connectivity index (χ1v) is 9.12. The van der Waals surface area contributed by atoms with Gasteiger partial charge in [-0.1, -0.05) is 71.6 Å². The van der Waals surface area contributed by atoms with Gasteiger partial charge >= 0.3 is 23.9 Å². The zero-order chi connectivity index (χ0) is 24.4. The lowest BCUT2D eigenvalue weighted by atomic mass is 10.2. The van der Waals surface area contributed by atoms with Crippen molar-refractivity contribution in [2.75, 3.05) is 6.61 Å². The minimum absolute atomic E-state index is 0.293. The van der Waals surface area contributed by atoms with Gasteiger partial charge in [-0.3, -0.25) is 0 Å². The van der Waals surface area contributed by atoms with Gasteiger partial charge in [0.05, 0.1) is 12.2 Å². The fraction of sp³-hybridized carbons (Fsp3) is 0.364. The van der Waals surface area contributed by atoms with E-state index < -0.39 is 17.9 Å². The van der Waals surface area contributed by atoms with Gasteiger partial charge in [-0.05, 0) is 12.8 Å². The number of allylic oxidation sites excluding steroid dienone is 1. The van der Waals surface area contributed by atoms with Gasteiger partial charge < -0.3 is 20.1 Å². The Morgan fingerprint density at radius 2 is 1.20 bits per heavy atom. The molecule has 8 heteroatoms. The van der Waals surface area contributed by atoms with Crippen molar-refractivity contribution < 1.29 is 39.2 Å². The molecule has 0 aliphatic rings. The molecule has 0 amide bonds.